The highest BCUT2D eigenvalue weighted by molar-refractivity contribution is 7.86. The van der Waals surface area contributed by atoms with Gasteiger partial charge in [-0.2, -0.15) is 8.42 Å². The second-order valence-electron chi connectivity index (χ2n) is 5.30. The molecule has 0 bridgehead atoms. The highest BCUT2D eigenvalue weighted by Gasteiger charge is 2.44. The topological polar surface area (TPSA) is 123 Å². The van der Waals surface area contributed by atoms with E-state index in [2.05, 4.69) is 0 Å². The summed E-state index contributed by atoms with van der Waals surface area (Å²) >= 11 is 0. The van der Waals surface area contributed by atoms with Gasteiger partial charge in [-0.15, -0.1) is 0 Å². The van der Waals surface area contributed by atoms with Crippen LogP contribution >= 0.6 is 0 Å². The van der Waals surface area contributed by atoms with Gasteiger partial charge < -0.3 is 24.8 Å². The van der Waals surface area contributed by atoms with Crippen molar-refractivity contribution < 1.29 is 37.4 Å². The van der Waals surface area contributed by atoms with E-state index < -0.39 is 47.4 Å². The van der Waals surface area contributed by atoms with Crippen LogP contribution in [0.15, 0.2) is 29.2 Å². The Labute approximate surface area is 134 Å². The molecule has 3 N–H and O–H groups in total. The minimum absolute atomic E-state index is 0.0303. The molecule has 1 heterocycles. The van der Waals surface area contributed by atoms with Crippen molar-refractivity contribution in [3.05, 3.63) is 29.8 Å². The summed E-state index contributed by atoms with van der Waals surface area (Å²) < 4.78 is 39.1. The lowest BCUT2D eigenvalue weighted by Gasteiger charge is -2.39. The van der Waals surface area contributed by atoms with Gasteiger partial charge in [0.25, 0.3) is 10.1 Å². The number of ether oxygens (including phenoxy) is 2. The Morgan fingerprint density at radius 3 is 2.26 bits per heavy atom. The number of aliphatic hydroxyl groups is 3. The zero-order valence-electron chi connectivity index (χ0n) is 12.7. The molecule has 0 amide bonds. The van der Waals surface area contributed by atoms with Gasteiger partial charge in [-0.05, 0) is 19.1 Å². The van der Waals surface area contributed by atoms with Gasteiger partial charge in [-0.3, -0.25) is 4.18 Å². The number of hydrogen-bond acceptors (Lipinski definition) is 8. The molecule has 0 unspecified atom stereocenters. The van der Waals surface area contributed by atoms with Gasteiger partial charge in [-0.1, -0.05) is 17.7 Å². The molecule has 1 aromatic carbocycles. The number of aryl methyl sites for hydroxylation is 1. The SMILES string of the molecule is CO[C@H]1O[C@H](COS(=O)(=O)c2ccc(C)cc2)[C@@H](O)[C@H](O)[C@H]1O. The van der Waals surface area contributed by atoms with E-state index >= 15 is 0 Å². The number of hydrogen-bond donors (Lipinski definition) is 3. The van der Waals surface area contributed by atoms with E-state index in [1.165, 1.54) is 19.2 Å². The number of aliphatic hydroxyl groups excluding tert-OH is 3. The van der Waals surface area contributed by atoms with Crippen molar-refractivity contribution in [3.63, 3.8) is 0 Å². The Hall–Kier alpha value is -1.07. The lowest BCUT2D eigenvalue weighted by Crippen LogP contribution is -2.59. The standard InChI is InChI=1S/C14H20O8S/c1-8-3-5-9(6-4-8)23(18,19)21-7-10-11(15)12(16)13(17)14(20-2)22-10/h3-6,10-17H,7H2,1-2H3/t10-,11-,12+,13-,14+/m1/s1. The first kappa shape index (κ1) is 18.3. The molecule has 1 aliphatic rings. The third kappa shape index (κ3) is 4.07. The van der Waals surface area contributed by atoms with E-state index in [0.29, 0.717) is 0 Å². The molecule has 8 nitrogen and oxygen atoms in total. The van der Waals surface area contributed by atoms with Crippen LogP contribution in [0.3, 0.4) is 0 Å². The van der Waals surface area contributed by atoms with Crippen LogP contribution in [0.2, 0.25) is 0 Å². The van der Waals surface area contributed by atoms with Crippen LogP contribution in [0.4, 0.5) is 0 Å². The Bertz CT molecular complexity index is 612. The molecular weight excluding hydrogens is 328 g/mol. The predicted molar refractivity (Wildman–Crippen MR) is 78.0 cm³/mol. The smallest absolute Gasteiger partial charge is 0.297 e. The van der Waals surface area contributed by atoms with Crippen molar-refractivity contribution in [2.24, 2.45) is 0 Å². The van der Waals surface area contributed by atoms with E-state index in [-0.39, 0.29) is 4.90 Å². The molecule has 0 spiro atoms. The first-order chi connectivity index (χ1) is 10.8. The minimum atomic E-state index is -4.03. The molecule has 0 radical (unpaired) electrons. The maximum Gasteiger partial charge on any atom is 0.297 e. The summed E-state index contributed by atoms with van der Waals surface area (Å²) in [6, 6.07) is 6.06. The Balaban J connectivity index is 2.05. The van der Waals surface area contributed by atoms with E-state index in [1.807, 2.05) is 6.92 Å². The molecular formula is C14H20O8S. The fourth-order valence-electron chi connectivity index (χ4n) is 2.18. The van der Waals surface area contributed by atoms with Crippen LogP contribution in [-0.4, -0.2) is 68.2 Å². The molecule has 0 aliphatic carbocycles. The first-order valence-corrected chi connectivity index (χ1v) is 8.35. The first-order valence-electron chi connectivity index (χ1n) is 6.95. The molecule has 1 fully saturated rings. The number of methoxy groups -OCH3 is 1. The van der Waals surface area contributed by atoms with Crippen molar-refractivity contribution in [1.29, 1.82) is 0 Å². The second-order valence-corrected chi connectivity index (χ2v) is 6.92. The van der Waals surface area contributed by atoms with E-state index in [9.17, 15) is 23.7 Å². The molecule has 1 aromatic rings. The van der Waals surface area contributed by atoms with Crippen LogP contribution in [0.1, 0.15) is 5.56 Å². The van der Waals surface area contributed by atoms with Gasteiger partial charge in [0.15, 0.2) is 6.29 Å². The van der Waals surface area contributed by atoms with Crippen molar-refractivity contribution in [3.8, 4) is 0 Å². The van der Waals surface area contributed by atoms with Gasteiger partial charge in [0.05, 0.1) is 11.5 Å². The van der Waals surface area contributed by atoms with Gasteiger partial charge >= 0.3 is 0 Å². The van der Waals surface area contributed by atoms with E-state index in [4.69, 9.17) is 13.7 Å². The largest absolute Gasteiger partial charge is 0.387 e. The van der Waals surface area contributed by atoms with Crippen molar-refractivity contribution >= 4 is 10.1 Å². The maximum atomic E-state index is 12.1. The summed E-state index contributed by atoms with van der Waals surface area (Å²) in [5.41, 5.74) is 0.898. The van der Waals surface area contributed by atoms with Crippen LogP contribution in [0.25, 0.3) is 0 Å². The number of benzene rings is 1. The van der Waals surface area contributed by atoms with Crippen LogP contribution in [0, 0.1) is 6.92 Å². The average Bonchev–Trinajstić information content (AvgIpc) is 2.52. The normalized spacial score (nSPS) is 32.0. The lowest BCUT2D eigenvalue weighted by atomic mass is 9.99. The zero-order valence-corrected chi connectivity index (χ0v) is 13.5. The highest BCUT2D eigenvalue weighted by atomic mass is 32.2. The van der Waals surface area contributed by atoms with Crippen LogP contribution < -0.4 is 0 Å². The summed E-state index contributed by atoms with van der Waals surface area (Å²) in [7, 11) is -2.78. The van der Waals surface area contributed by atoms with Crippen molar-refractivity contribution in [1.82, 2.24) is 0 Å². The summed E-state index contributed by atoms with van der Waals surface area (Å²) in [5.74, 6) is 0. The molecule has 0 aromatic heterocycles. The maximum absolute atomic E-state index is 12.1. The number of rotatable bonds is 5. The molecule has 9 heteroatoms. The highest BCUT2D eigenvalue weighted by Crippen LogP contribution is 2.23. The van der Waals surface area contributed by atoms with Gasteiger partial charge in [-0.25, -0.2) is 0 Å². The predicted octanol–water partition coefficient (Wildman–Crippen LogP) is -0.846. The molecule has 1 saturated heterocycles. The summed E-state index contributed by atoms with van der Waals surface area (Å²) in [5, 5.41) is 29.2. The summed E-state index contributed by atoms with van der Waals surface area (Å²) in [4.78, 5) is -0.0303. The van der Waals surface area contributed by atoms with Crippen molar-refractivity contribution in [2.75, 3.05) is 13.7 Å². The van der Waals surface area contributed by atoms with Crippen LogP contribution in [-0.2, 0) is 23.8 Å². The van der Waals surface area contributed by atoms with Gasteiger partial charge in [0, 0.05) is 7.11 Å². The second kappa shape index (κ2) is 7.22. The Kier molecular flexibility index (Phi) is 5.74. The molecule has 23 heavy (non-hydrogen) atoms. The Morgan fingerprint density at radius 2 is 1.70 bits per heavy atom. The molecule has 130 valence electrons. The molecule has 0 saturated carbocycles. The summed E-state index contributed by atoms with van der Waals surface area (Å²) in [6.45, 7) is 1.29. The lowest BCUT2D eigenvalue weighted by molar-refractivity contribution is -0.293. The molecule has 5 atom stereocenters. The van der Waals surface area contributed by atoms with E-state index in [1.54, 1.807) is 12.1 Å². The zero-order chi connectivity index (χ0) is 17.2. The van der Waals surface area contributed by atoms with Crippen molar-refractivity contribution in [2.45, 2.75) is 42.5 Å². The van der Waals surface area contributed by atoms with E-state index in [0.717, 1.165) is 5.56 Å². The fourth-order valence-corrected chi connectivity index (χ4v) is 3.10. The average molecular weight is 348 g/mol. The third-order valence-corrected chi connectivity index (χ3v) is 4.89. The fraction of sp³-hybridized carbons (Fsp3) is 0.571. The van der Waals surface area contributed by atoms with Crippen LogP contribution in [0.5, 0.6) is 0 Å². The monoisotopic (exact) mass is 348 g/mol. The minimum Gasteiger partial charge on any atom is -0.387 e. The quantitative estimate of drug-likeness (QED) is 0.589. The Morgan fingerprint density at radius 1 is 1.09 bits per heavy atom. The van der Waals surface area contributed by atoms with Gasteiger partial charge in [0.1, 0.15) is 24.4 Å². The third-order valence-electron chi connectivity index (χ3n) is 3.60. The molecule has 2 rings (SSSR count). The molecule has 1 aliphatic heterocycles. The van der Waals surface area contributed by atoms with Gasteiger partial charge in [0.2, 0.25) is 0 Å². The summed E-state index contributed by atoms with van der Waals surface area (Å²) in [6.07, 6.45) is -6.85.